The van der Waals surface area contributed by atoms with E-state index in [1.807, 2.05) is 51.2 Å². The maximum atomic E-state index is 14.6. The van der Waals surface area contributed by atoms with E-state index in [-0.39, 0.29) is 55.6 Å². The summed E-state index contributed by atoms with van der Waals surface area (Å²) in [5, 5.41) is 53.5. The summed E-state index contributed by atoms with van der Waals surface area (Å²) in [5.41, 5.74) is -0.348. The number of aliphatic hydroxyl groups excluding tert-OH is 4. The number of Topliss-reactive ketones (excluding diaryl/α,β-unsaturated/α-hetero) is 3. The standard InChI is InChI=1S/C56H87NO17/c1-33-16-12-11-13-17-34(2)45(69-8)28-41-21-20-40(30-58)56(68,74-41)51(64)52(65)57-23-15-14-18-42(57)53(66)72-46(29-43(61)35(3)25-38(6)49(63)50(71-10)48(62)37(5)24-33)36(4)26-39-19-22-44(47(27-39)70-9)73-54(67)55(7,31-59)32-60/h11-13,16-17,25,33,35-37,39-42,44-47,49-50,58-60,63,68H,14-15,18-24,26-32H2,1-10H3/b13-11+,16-12+,34-17+,38-25+/t33-,35-,36-,37-,39+,40?,41+,42+,44-,45+,46+,47-,49-,50+,56-/m1/s1. The summed E-state index contributed by atoms with van der Waals surface area (Å²) in [7, 11) is 4.38. The van der Waals surface area contributed by atoms with Gasteiger partial charge in [-0.1, -0.05) is 64.2 Å². The predicted molar refractivity (Wildman–Crippen MR) is 273 cm³/mol. The molecule has 3 fully saturated rings. The summed E-state index contributed by atoms with van der Waals surface area (Å²) in [4.78, 5) is 85.4. The molecule has 2 saturated heterocycles. The van der Waals surface area contributed by atoms with E-state index in [0.717, 1.165) is 10.5 Å². The number of hydrogen-bond acceptors (Lipinski definition) is 17. The summed E-state index contributed by atoms with van der Waals surface area (Å²) in [6.45, 7) is 10.3. The Morgan fingerprint density at radius 2 is 1.57 bits per heavy atom. The Kier molecular flexibility index (Phi) is 24.5. The molecular weight excluding hydrogens is 959 g/mol. The molecule has 4 rings (SSSR count). The van der Waals surface area contributed by atoms with Gasteiger partial charge in [0.25, 0.3) is 11.7 Å². The molecule has 0 aromatic carbocycles. The third-order valence-electron chi connectivity index (χ3n) is 15.9. The molecule has 3 heterocycles. The highest BCUT2D eigenvalue weighted by Crippen LogP contribution is 2.39. The van der Waals surface area contributed by atoms with Crippen molar-refractivity contribution >= 4 is 35.2 Å². The zero-order valence-electron chi connectivity index (χ0n) is 45.4. The van der Waals surface area contributed by atoms with Crippen LogP contribution in [0, 0.1) is 40.9 Å². The van der Waals surface area contributed by atoms with Gasteiger partial charge in [0.2, 0.25) is 5.79 Å². The number of ketones is 3. The van der Waals surface area contributed by atoms with Crippen molar-refractivity contribution in [2.75, 3.05) is 47.7 Å². The van der Waals surface area contributed by atoms with Gasteiger partial charge >= 0.3 is 11.9 Å². The number of carbonyl (C=O) groups excluding carboxylic acids is 6. The lowest BCUT2D eigenvalue weighted by molar-refractivity contribution is -0.272. The molecular formula is C56H87NO17. The monoisotopic (exact) mass is 1050 g/mol. The minimum atomic E-state index is -2.71. The topological polar surface area (TPSA) is 262 Å². The number of carbonyl (C=O) groups is 6. The lowest BCUT2D eigenvalue weighted by atomic mass is 9.78. The van der Waals surface area contributed by atoms with Gasteiger partial charge in [0.15, 0.2) is 5.78 Å². The first-order chi connectivity index (χ1) is 35.0. The average molecular weight is 1050 g/mol. The Hall–Kier alpha value is -3.98. The zero-order valence-corrected chi connectivity index (χ0v) is 45.4. The van der Waals surface area contributed by atoms with Crippen molar-refractivity contribution < 1.29 is 82.7 Å². The predicted octanol–water partition coefficient (Wildman–Crippen LogP) is 4.69. The molecule has 0 aromatic rings. The first-order valence-corrected chi connectivity index (χ1v) is 26.5. The molecule has 18 heteroatoms. The largest absolute Gasteiger partial charge is 0.460 e. The molecule has 4 aliphatic rings. The van der Waals surface area contributed by atoms with E-state index in [4.69, 9.17) is 28.4 Å². The summed E-state index contributed by atoms with van der Waals surface area (Å²) in [5.74, 6) is -10.4. The number of esters is 2. The quantitative estimate of drug-likeness (QED) is 0.107. The third kappa shape index (κ3) is 16.0. The third-order valence-corrected chi connectivity index (χ3v) is 15.9. The molecule has 1 aliphatic carbocycles. The number of nitrogens with zero attached hydrogens (tertiary/aromatic N) is 1. The molecule has 1 amide bonds. The minimum Gasteiger partial charge on any atom is -0.460 e. The van der Waals surface area contributed by atoms with Crippen LogP contribution in [0.1, 0.15) is 126 Å². The van der Waals surface area contributed by atoms with Crippen LogP contribution >= 0.6 is 0 Å². The summed E-state index contributed by atoms with van der Waals surface area (Å²) in [6.07, 6.45) is 8.66. The van der Waals surface area contributed by atoms with E-state index >= 15 is 0 Å². The van der Waals surface area contributed by atoms with Crippen molar-refractivity contribution in [2.24, 2.45) is 40.9 Å². The average Bonchev–Trinajstić information content (AvgIpc) is 3.38. The van der Waals surface area contributed by atoms with Crippen molar-refractivity contribution in [3.8, 4) is 0 Å². The molecule has 3 aliphatic heterocycles. The second kappa shape index (κ2) is 29.0. The van der Waals surface area contributed by atoms with Crippen LogP contribution in [-0.2, 0) is 57.2 Å². The Bertz CT molecular complexity index is 2030. The molecule has 15 atom stereocenters. The van der Waals surface area contributed by atoms with E-state index in [1.54, 1.807) is 26.8 Å². The Morgan fingerprint density at radius 1 is 0.865 bits per heavy atom. The summed E-state index contributed by atoms with van der Waals surface area (Å²) < 4.78 is 35.3. The number of amides is 1. The van der Waals surface area contributed by atoms with Crippen LogP contribution in [0.2, 0.25) is 0 Å². The number of cyclic esters (lactones) is 1. The zero-order chi connectivity index (χ0) is 55.1. The van der Waals surface area contributed by atoms with Gasteiger partial charge in [-0.05, 0) is 114 Å². The molecule has 1 saturated carbocycles. The van der Waals surface area contributed by atoms with E-state index in [2.05, 4.69) is 0 Å². The maximum absolute atomic E-state index is 14.6. The van der Waals surface area contributed by atoms with Gasteiger partial charge in [0.05, 0.1) is 38.1 Å². The van der Waals surface area contributed by atoms with E-state index in [0.29, 0.717) is 56.9 Å². The van der Waals surface area contributed by atoms with Gasteiger partial charge in [0, 0.05) is 58.5 Å². The maximum Gasteiger partial charge on any atom is 0.329 e. The Morgan fingerprint density at radius 3 is 2.20 bits per heavy atom. The highest BCUT2D eigenvalue weighted by molar-refractivity contribution is 6.39. The first-order valence-electron chi connectivity index (χ1n) is 26.5. The number of fused-ring (bicyclic) bond motifs is 3. The molecule has 0 spiro atoms. The lowest BCUT2D eigenvalue weighted by Crippen LogP contribution is -2.62. The first kappa shape index (κ1) is 62.6. The fourth-order valence-electron chi connectivity index (χ4n) is 10.8. The number of hydrogen-bond donors (Lipinski definition) is 5. The van der Waals surface area contributed by atoms with Gasteiger partial charge in [0.1, 0.15) is 41.7 Å². The summed E-state index contributed by atoms with van der Waals surface area (Å²) >= 11 is 0. The van der Waals surface area contributed by atoms with Crippen LogP contribution < -0.4 is 0 Å². The summed E-state index contributed by atoms with van der Waals surface area (Å²) in [6, 6.07) is -1.26. The number of piperidine rings is 1. The smallest absolute Gasteiger partial charge is 0.329 e. The van der Waals surface area contributed by atoms with Gasteiger partial charge in [-0.25, -0.2) is 4.79 Å². The van der Waals surface area contributed by atoms with Crippen LogP contribution in [0.3, 0.4) is 0 Å². The van der Waals surface area contributed by atoms with Gasteiger partial charge in [-0.3, -0.25) is 24.0 Å². The SMILES string of the molecule is CO[C@H]1C[C@@H]2CCC(CO)[C@@](O)(O2)C(=O)C(=O)N2CCCC[C@H]2C(=O)O[C@H]([C@H](C)C[C@@H]2CC[C@@H](OC(=O)C(C)(CO)CO)[C@H](OC)C2)CC(=O)[C@H](C)/C=C(\C)[C@@H](O)[C@@H](OC)C(=O)[C@H](C)C[C@H](C)/C=C/C=C/C=C/1C. The number of rotatable bonds is 11. The van der Waals surface area contributed by atoms with E-state index in [1.165, 1.54) is 28.3 Å². The van der Waals surface area contributed by atoms with E-state index in [9.17, 15) is 54.3 Å². The molecule has 2 bridgehead atoms. The number of allylic oxidation sites excluding steroid dienone is 6. The Balaban J connectivity index is 1.71. The molecule has 74 heavy (non-hydrogen) atoms. The molecule has 5 N–H and O–H groups in total. The number of methoxy groups -OCH3 is 3. The Labute approximate surface area is 437 Å². The molecule has 18 nitrogen and oxygen atoms in total. The normalized spacial score (nSPS) is 37.1. The molecule has 0 radical (unpaired) electrons. The van der Waals surface area contributed by atoms with Crippen molar-refractivity contribution in [2.45, 2.75) is 180 Å². The van der Waals surface area contributed by atoms with Crippen LogP contribution in [0.15, 0.2) is 47.6 Å². The second-order valence-electron chi connectivity index (χ2n) is 21.8. The fourth-order valence-corrected chi connectivity index (χ4v) is 10.8. The van der Waals surface area contributed by atoms with Gasteiger partial charge in [-0.15, -0.1) is 0 Å². The van der Waals surface area contributed by atoms with Crippen LogP contribution in [0.4, 0.5) is 0 Å². The van der Waals surface area contributed by atoms with Crippen LogP contribution in [-0.4, -0.2) is 168 Å². The van der Waals surface area contributed by atoms with Crippen molar-refractivity contribution in [3.05, 3.63) is 47.6 Å². The van der Waals surface area contributed by atoms with Crippen molar-refractivity contribution in [1.29, 1.82) is 0 Å². The molecule has 0 aromatic heterocycles. The van der Waals surface area contributed by atoms with Crippen molar-refractivity contribution in [3.63, 3.8) is 0 Å². The van der Waals surface area contributed by atoms with Crippen molar-refractivity contribution in [1.82, 2.24) is 4.90 Å². The van der Waals surface area contributed by atoms with E-state index < -0.39 is 127 Å². The van der Waals surface area contributed by atoms with Gasteiger partial charge in [-0.2, -0.15) is 0 Å². The molecule has 1 unspecified atom stereocenters. The highest BCUT2D eigenvalue weighted by Gasteiger charge is 2.54. The highest BCUT2D eigenvalue weighted by atomic mass is 16.6. The van der Waals surface area contributed by atoms with Crippen LogP contribution in [0.5, 0.6) is 0 Å². The fraction of sp³-hybridized carbons (Fsp3) is 0.750. The van der Waals surface area contributed by atoms with Crippen LogP contribution in [0.25, 0.3) is 0 Å². The number of aliphatic hydroxyl groups is 5. The van der Waals surface area contributed by atoms with Gasteiger partial charge < -0.3 is 58.9 Å². The second-order valence-corrected chi connectivity index (χ2v) is 21.8. The number of ether oxygens (including phenoxy) is 6. The molecule has 418 valence electrons. The lowest BCUT2D eigenvalue weighted by Gasteiger charge is -2.43. The minimum absolute atomic E-state index is 0.0146.